The van der Waals surface area contributed by atoms with Crippen LogP contribution in [-0.4, -0.2) is 46.8 Å². The smallest absolute Gasteiger partial charge is 0.332 e. The van der Waals surface area contributed by atoms with E-state index in [1.807, 2.05) is 69.3 Å². The minimum Gasteiger partial charge on any atom is -0.337 e. The third-order valence-electron chi connectivity index (χ3n) is 5.39. The van der Waals surface area contributed by atoms with Crippen LogP contribution in [0, 0.1) is 13.8 Å². The molecule has 0 aliphatic carbocycles. The molecule has 2 aromatic carbocycles. The molecule has 1 saturated heterocycles. The number of rotatable bonds is 7. The summed E-state index contributed by atoms with van der Waals surface area (Å²) < 4.78 is 0. The maximum Gasteiger partial charge on any atom is 0.332 e. The van der Waals surface area contributed by atoms with Crippen LogP contribution < -0.4 is 4.90 Å². The fourth-order valence-electron chi connectivity index (χ4n) is 3.62. The Labute approximate surface area is 178 Å². The molecule has 0 bridgehead atoms. The van der Waals surface area contributed by atoms with Gasteiger partial charge in [-0.15, -0.1) is 0 Å². The third kappa shape index (κ3) is 4.53. The Morgan fingerprint density at radius 1 is 0.967 bits per heavy atom. The quantitative estimate of drug-likeness (QED) is 0.654. The summed E-state index contributed by atoms with van der Waals surface area (Å²) in [4.78, 5) is 43.0. The number of carbonyl (C=O) groups excluding carboxylic acids is 3. The van der Waals surface area contributed by atoms with Crippen LogP contribution in [0.3, 0.4) is 0 Å². The van der Waals surface area contributed by atoms with Crippen LogP contribution in [0.4, 0.5) is 10.5 Å². The minimum atomic E-state index is -0.635. The van der Waals surface area contributed by atoms with Gasteiger partial charge in [-0.1, -0.05) is 54.4 Å². The minimum absolute atomic E-state index is 0.225. The van der Waals surface area contributed by atoms with E-state index in [1.54, 1.807) is 11.8 Å². The molecule has 158 valence electrons. The second-order valence-corrected chi connectivity index (χ2v) is 7.89. The second kappa shape index (κ2) is 9.11. The summed E-state index contributed by atoms with van der Waals surface area (Å²) in [6.45, 7) is 8.47. The molecule has 0 saturated carbocycles. The van der Waals surface area contributed by atoms with Gasteiger partial charge in [-0.2, -0.15) is 0 Å². The van der Waals surface area contributed by atoms with E-state index in [4.69, 9.17) is 0 Å². The normalized spacial score (nSPS) is 16.3. The zero-order chi connectivity index (χ0) is 21.8. The van der Waals surface area contributed by atoms with E-state index < -0.39 is 12.1 Å². The molecule has 4 amide bonds. The van der Waals surface area contributed by atoms with Crippen LogP contribution in [0.25, 0.3) is 0 Å². The Balaban J connectivity index is 1.74. The molecule has 0 spiro atoms. The first kappa shape index (κ1) is 21.6. The molecule has 0 radical (unpaired) electrons. The Morgan fingerprint density at radius 3 is 2.10 bits per heavy atom. The van der Waals surface area contributed by atoms with Gasteiger partial charge in [0.2, 0.25) is 5.91 Å². The monoisotopic (exact) mass is 407 g/mol. The van der Waals surface area contributed by atoms with Crippen molar-refractivity contribution < 1.29 is 14.4 Å². The molecule has 1 aliphatic rings. The van der Waals surface area contributed by atoms with Gasteiger partial charge < -0.3 is 4.90 Å². The van der Waals surface area contributed by atoms with E-state index in [2.05, 4.69) is 0 Å². The summed E-state index contributed by atoms with van der Waals surface area (Å²) in [7, 11) is 0. The summed E-state index contributed by atoms with van der Waals surface area (Å²) in [5, 5.41) is 0. The van der Waals surface area contributed by atoms with Gasteiger partial charge in [0, 0.05) is 18.8 Å². The lowest BCUT2D eigenvalue weighted by Crippen LogP contribution is -2.43. The number of amides is 4. The van der Waals surface area contributed by atoms with Crippen molar-refractivity contribution >= 4 is 23.5 Å². The van der Waals surface area contributed by atoms with Crippen LogP contribution in [-0.2, 0) is 16.1 Å². The molecule has 1 atom stereocenters. The summed E-state index contributed by atoms with van der Waals surface area (Å²) >= 11 is 0. The highest BCUT2D eigenvalue weighted by molar-refractivity contribution is 6.15. The van der Waals surface area contributed by atoms with E-state index in [1.165, 1.54) is 4.90 Å². The molecule has 0 aromatic heterocycles. The van der Waals surface area contributed by atoms with E-state index in [0.717, 1.165) is 28.0 Å². The van der Waals surface area contributed by atoms with Gasteiger partial charge in [0.05, 0.1) is 0 Å². The Bertz CT molecular complexity index is 922. The SMILES string of the molecule is CCCN(Cc1ccc(C)cc1)C(=O)CN1C(=O)[C@H](C)N(c2ccc(C)cc2)C1=O. The Morgan fingerprint density at radius 2 is 1.53 bits per heavy atom. The Hall–Kier alpha value is -3.15. The van der Waals surface area contributed by atoms with E-state index in [0.29, 0.717) is 18.8 Å². The van der Waals surface area contributed by atoms with Crippen LogP contribution in [0.1, 0.15) is 37.0 Å². The van der Waals surface area contributed by atoms with Crippen molar-refractivity contribution in [1.29, 1.82) is 0 Å². The predicted molar refractivity (Wildman–Crippen MR) is 117 cm³/mol. The number of urea groups is 1. The van der Waals surface area contributed by atoms with Crippen LogP contribution in [0.15, 0.2) is 48.5 Å². The molecule has 1 heterocycles. The number of hydrogen-bond acceptors (Lipinski definition) is 3. The molecule has 1 fully saturated rings. The lowest BCUT2D eigenvalue weighted by molar-refractivity contribution is -0.137. The first-order valence-electron chi connectivity index (χ1n) is 10.4. The highest BCUT2D eigenvalue weighted by Crippen LogP contribution is 2.26. The molecule has 1 aliphatic heterocycles. The molecule has 0 N–H and O–H groups in total. The van der Waals surface area contributed by atoms with E-state index >= 15 is 0 Å². The number of carbonyl (C=O) groups is 3. The number of aryl methyl sites for hydroxylation is 2. The lowest BCUT2D eigenvalue weighted by Gasteiger charge is -2.25. The molecule has 2 aromatic rings. The van der Waals surface area contributed by atoms with Gasteiger partial charge in [0.15, 0.2) is 0 Å². The second-order valence-electron chi connectivity index (χ2n) is 7.89. The summed E-state index contributed by atoms with van der Waals surface area (Å²) in [5.74, 6) is -0.571. The maximum absolute atomic E-state index is 13.0. The van der Waals surface area contributed by atoms with Crippen molar-refractivity contribution in [2.45, 2.75) is 46.7 Å². The van der Waals surface area contributed by atoms with Crippen LogP contribution in [0.2, 0.25) is 0 Å². The van der Waals surface area contributed by atoms with Crippen molar-refractivity contribution in [3.8, 4) is 0 Å². The van der Waals surface area contributed by atoms with Gasteiger partial charge in [-0.25, -0.2) is 4.79 Å². The van der Waals surface area contributed by atoms with Gasteiger partial charge >= 0.3 is 6.03 Å². The van der Waals surface area contributed by atoms with Crippen molar-refractivity contribution in [2.75, 3.05) is 18.0 Å². The van der Waals surface area contributed by atoms with Gasteiger partial charge in [-0.3, -0.25) is 19.4 Å². The predicted octanol–water partition coefficient (Wildman–Crippen LogP) is 3.90. The first-order valence-corrected chi connectivity index (χ1v) is 10.4. The number of anilines is 1. The van der Waals surface area contributed by atoms with Crippen LogP contribution in [0.5, 0.6) is 0 Å². The molecule has 30 heavy (non-hydrogen) atoms. The largest absolute Gasteiger partial charge is 0.337 e. The molecule has 3 rings (SSSR count). The van der Waals surface area contributed by atoms with Gasteiger partial charge in [0.25, 0.3) is 5.91 Å². The van der Waals surface area contributed by atoms with Crippen molar-refractivity contribution in [2.24, 2.45) is 0 Å². The fraction of sp³-hybridized carbons (Fsp3) is 0.375. The number of imide groups is 1. The first-order chi connectivity index (χ1) is 14.3. The third-order valence-corrected chi connectivity index (χ3v) is 5.39. The summed E-state index contributed by atoms with van der Waals surface area (Å²) in [5.41, 5.74) is 3.91. The summed E-state index contributed by atoms with van der Waals surface area (Å²) in [6.07, 6.45) is 0.797. The number of hydrogen-bond donors (Lipinski definition) is 0. The maximum atomic E-state index is 13.0. The standard InChI is InChI=1S/C24H29N3O3/c1-5-14-25(15-20-10-6-17(2)7-11-20)22(28)16-26-23(29)19(4)27(24(26)30)21-12-8-18(3)9-13-21/h6-13,19H,5,14-16H2,1-4H3/t19-/m0/s1. The van der Waals surface area contributed by atoms with Crippen molar-refractivity contribution in [1.82, 2.24) is 9.80 Å². The Kier molecular flexibility index (Phi) is 6.55. The van der Waals surface area contributed by atoms with E-state index in [-0.39, 0.29) is 18.4 Å². The average Bonchev–Trinajstić information content (AvgIpc) is 2.93. The zero-order valence-electron chi connectivity index (χ0n) is 18.1. The molecular weight excluding hydrogens is 378 g/mol. The molecule has 6 heteroatoms. The van der Waals surface area contributed by atoms with Gasteiger partial charge in [0.1, 0.15) is 12.6 Å². The average molecular weight is 408 g/mol. The highest BCUT2D eigenvalue weighted by atomic mass is 16.2. The van der Waals surface area contributed by atoms with Crippen LogP contribution >= 0.6 is 0 Å². The molecule has 0 unspecified atom stereocenters. The topological polar surface area (TPSA) is 60.9 Å². The summed E-state index contributed by atoms with van der Waals surface area (Å²) in [6, 6.07) is 14.4. The number of benzene rings is 2. The zero-order valence-corrected chi connectivity index (χ0v) is 18.1. The van der Waals surface area contributed by atoms with E-state index in [9.17, 15) is 14.4 Å². The fourth-order valence-corrected chi connectivity index (χ4v) is 3.62. The highest BCUT2D eigenvalue weighted by Gasteiger charge is 2.44. The number of nitrogens with zero attached hydrogens (tertiary/aromatic N) is 3. The molecular formula is C24H29N3O3. The molecule has 6 nitrogen and oxygen atoms in total. The van der Waals surface area contributed by atoms with Gasteiger partial charge in [-0.05, 0) is 44.9 Å². The lowest BCUT2D eigenvalue weighted by atomic mass is 10.1. The van der Waals surface area contributed by atoms with Crippen molar-refractivity contribution in [3.63, 3.8) is 0 Å². The van der Waals surface area contributed by atoms with Crippen molar-refractivity contribution in [3.05, 3.63) is 65.2 Å².